The molecule has 0 amide bonds. The summed E-state index contributed by atoms with van der Waals surface area (Å²) in [6.45, 7) is 8.68. The second-order valence-electron chi connectivity index (χ2n) is 4.42. The van der Waals surface area contributed by atoms with Gasteiger partial charge in [-0.2, -0.15) is 0 Å². The summed E-state index contributed by atoms with van der Waals surface area (Å²) < 4.78 is 0. The fourth-order valence-corrected chi connectivity index (χ4v) is 1.91. The summed E-state index contributed by atoms with van der Waals surface area (Å²) in [5.41, 5.74) is 7.57. The Kier molecular flexibility index (Phi) is 5.10. The first-order chi connectivity index (χ1) is 7.54. The van der Waals surface area contributed by atoms with Crippen LogP contribution in [0.1, 0.15) is 32.8 Å². The largest absolute Gasteiger partial charge is 0.398 e. The molecule has 1 aromatic carbocycles. The van der Waals surface area contributed by atoms with Gasteiger partial charge in [0.05, 0.1) is 10.7 Å². The molecule has 2 N–H and O–H groups in total. The van der Waals surface area contributed by atoms with Gasteiger partial charge in [0.1, 0.15) is 0 Å². The number of hydrogen-bond acceptors (Lipinski definition) is 2. The van der Waals surface area contributed by atoms with Gasteiger partial charge in [0, 0.05) is 12.6 Å². The van der Waals surface area contributed by atoms with E-state index in [1.54, 1.807) is 0 Å². The zero-order valence-electron chi connectivity index (χ0n) is 10.3. The van der Waals surface area contributed by atoms with Crippen LogP contribution in [0, 0.1) is 0 Å². The highest BCUT2D eigenvalue weighted by Crippen LogP contribution is 2.21. The lowest BCUT2D eigenvalue weighted by Crippen LogP contribution is -2.30. The second-order valence-corrected chi connectivity index (χ2v) is 4.83. The predicted molar refractivity (Wildman–Crippen MR) is 71.7 cm³/mol. The highest BCUT2D eigenvalue weighted by atomic mass is 35.5. The van der Waals surface area contributed by atoms with Gasteiger partial charge in [-0.1, -0.05) is 24.6 Å². The molecule has 0 fully saturated rings. The summed E-state index contributed by atoms with van der Waals surface area (Å²) in [5.74, 6) is 0. The summed E-state index contributed by atoms with van der Waals surface area (Å²) in [4.78, 5) is 2.43. The summed E-state index contributed by atoms with van der Waals surface area (Å²) in [6, 6.07) is 6.44. The Morgan fingerprint density at radius 3 is 2.56 bits per heavy atom. The first kappa shape index (κ1) is 13.3. The SMILES string of the molecule is CCCN(Cc1ccc(N)c(Cl)c1)C(C)C. The van der Waals surface area contributed by atoms with Crippen molar-refractivity contribution in [2.75, 3.05) is 12.3 Å². The number of rotatable bonds is 5. The van der Waals surface area contributed by atoms with Crippen LogP contribution in [0.5, 0.6) is 0 Å². The Labute approximate surface area is 103 Å². The molecule has 0 aliphatic heterocycles. The third-order valence-corrected chi connectivity index (χ3v) is 3.02. The Hall–Kier alpha value is -0.730. The molecular weight excluding hydrogens is 220 g/mol. The van der Waals surface area contributed by atoms with Crippen LogP contribution < -0.4 is 5.73 Å². The van der Waals surface area contributed by atoms with Crippen LogP contribution >= 0.6 is 11.6 Å². The third kappa shape index (κ3) is 3.69. The van der Waals surface area contributed by atoms with Gasteiger partial charge in [0.15, 0.2) is 0 Å². The Balaban J connectivity index is 2.73. The maximum atomic E-state index is 6.01. The fraction of sp³-hybridized carbons (Fsp3) is 0.538. The van der Waals surface area contributed by atoms with E-state index in [2.05, 4.69) is 25.7 Å². The lowest BCUT2D eigenvalue weighted by molar-refractivity contribution is 0.213. The van der Waals surface area contributed by atoms with Crippen LogP contribution in [-0.4, -0.2) is 17.5 Å². The summed E-state index contributed by atoms with van der Waals surface area (Å²) in [6.07, 6.45) is 1.17. The minimum atomic E-state index is 0.552. The van der Waals surface area contributed by atoms with Gasteiger partial charge in [0.2, 0.25) is 0 Å². The molecule has 0 saturated carbocycles. The minimum absolute atomic E-state index is 0.552. The molecule has 0 aliphatic carbocycles. The Morgan fingerprint density at radius 1 is 1.38 bits per heavy atom. The zero-order chi connectivity index (χ0) is 12.1. The molecule has 0 radical (unpaired) electrons. The van der Waals surface area contributed by atoms with E-state index in [0.29, 0.717) is 16.8 Å². The Bertz CT molecular complexity index is 337. The van der Waals surface area contributed by atoms with Gasteiger partial charge in [0.25, 0.3) is 0 Å². The van der Waals surface area contributed by atoms with E-state index in [9.17, 15) is 0 Å². The van der Waals surface area contributed by atoms with E-state index in [-0.39, 0.29) is 0 Å². The quantitative estimate of drug-likeness (QED) is 0.798. The van der Waals surface area contributed by atoms with E-state index in [1.165, 1.54) is 12.0 Å². The van der Waals surface area contributed by atoms with Crippen LogP contribution in [0.25, 0.3) is 0 Å². The van der Waals surface area contributed by atoms with E-state index >= 15 is 0 Å². The van der Waals surface area contributed by atoms with Gasteiger partial charge in [-0.3, -0.25) is 4.90 Å². The molecule has 2 nitrogen and oxygen atoms in total. The zero-order valence-corrected chi connectivity index (χ0v) is 11.1. The highest BCUT2D eigenvalue weighted by Gasteiger charge is 2.09. The molecule has 0 aromatic heterocycles. The predicted octanol–water partition coefficient (Wildman–Crippen LogP) is 3.54. The average Bonchev–Trinajstić information content (AvgIpc) is 2.22. The maximum absolute atomic E-state index is 6.01. The van der Waals surface area contributed by atoms with E-state index in [1.807, 2.05) is 18.2 Å². The van der Waals surface area contributed by atoms with Gasteiger partial charge < -0.3 is 5.73 Å². The molecule has 0 heterocycles. The maximum Gasteiger partial charge on any atom is 0.0638 e. The van der Waals surface area contributed by atoms with Crippen LogP contribution in [0.3, 0.4) is 0 Å². The molecule has 1 rings (SSSR count). The Morgan fingerprint density at radius 2 is 2.06 bits per heavy atom. The number of hydrogen-bond donors (Lipinski definition) is 1. The first-order valence-corrected chi connectivity index (χ1v) is 6.20. The second kappa shape index (κ2) is 6.12. The lowest BCUT2D eigenvalue weighted by Gasteiger charge is -2.26. The molecule has 0 bridgehead atoms. The molecule has 0 atom stereocenters. The molecule has 3 heteroatoms. The van der Waals surface area contributed by atoms with Crippen molar-refractivity contribution >= 4 is 17.3 Å². The van der Waals surface area contributed by atoms with Crippen LogP contribution in [0.2, 0.25) is 5.02 Å². The average molecular weight is 241 g/mol. The van der Waals surface area contributed by atoms with Gasteiger partial charge in [-0.05, 0) is 44.5 Å². The van der Waals surface area contributed by atoms with Crippen molar-refractivity contribution in [1.29, 1.82) is 0 Å². The summed E-state index contributed by atoms with van der Waals surface area (Å²) >= 11 is 6.01. The number of nitrogens with two attached hydrogens (primary N) is 1. The molecule has 0 spiro atoms. The van der Waals surface area contributed by atoms with Crippen molar-refractivity contribution in [3.63, 3.8) is 0 Å². The molecule has 16 heavy (non-hydrogen) atoms. The molecule has 0 unspecified atom stereocenters. The number of nitrogen functional groups attached to an aromatic ring is 1. The lowest BCUT2D eigenvalue weighted by atomic mass is 10.1. The number of halogens is 1. The minimum Gasteiger partial charge on any atom is -0.398 e. The standard InChI is InChI=1S/C13H21ClN2/c1-4-7-16(10(2)3)9-11-5-6-13(15)12(14)8-11/h5-6,8,10H,4,7,9,15H2,1-3H3. The van der Waals surface area contributed by atoms with E-state index in [0.717, 1.165) is 13.1 Å². The highest BCUT2D eigenvalue weighted by molar-refractivity contribution is 6.33. The van der Waals surface area contributed by atoms with E-state index < -0.39 is 0 Å². The number of nitrogens with zero attached hydrogens (tertiary/aromatic N) is 1. The number of anilines is 1. The van der Waals surface area contributed by atoms with Crippen LogP contribution in [0.4, 0.5) is 5.69 Å². The molecule has 0 saturated heterocycles. The summed E-state index contributed by atoms with van der Waals surface area (Å²) in [7, 11) is 0. The van der Waals surface area contributed by atoms with Crippen molar-refractivity contribution in [2.45, 2.75) is 39.8 Å². The normalized spacial score (nSPS) is 11.4. The van der Waals surface area contributed by atoms with Crippen LogP contribution in [0.15, 0.2) is 18.2 Å². The van der Waals surface area contributed by atoms with Crippen molar-refractivity contribution in [2.24, 2.45) is 0 Å². The molecular formula is C13H21ClN2. The van der Waals surface area contributed by atoms with Crippen LogP contribution in [-0.2, 0) is 6.54 Å². The van der Waals surface area contributed by atoms with Crippen molar-refractivity contribution < 1.29 is 0 Å². The topological polar surface area (TPSA) is 29.3 Å². The third-order valence-electron chi connectivity index (χ3n) is 2.69. The van der Waals surface area contributed by atoms with Crippen molar-refractivity contribution in [3.05, 3.63) is 28.8 Å². The van der Waals surface area contributed by atoms with Crippen molar-refractivity contribution in [3.8, 4) is 0 Å². The van der Waals surface area contributed by atoms with Gasteiger partial charge in [-0.15, -0.1) is 0 Å². The smallest absolute Gasteiger partial charge is 0.0638 e. The summed E-state index contributed by atoms with van der Waals surface area (Å²) in [5, 5.41) is 0.651. The molecule has 90 valence electrons. The fourth-order valence-electron chi connectivity index (χ4n) is 1.71. The van der Waals surface area contributed by atoms with E-state index in [4.69, 9.17) is 17.3 Å². The molecule has 1 aromatic rings. The van der Waals surface area contributed by atoms with Gasteiger partial charge >= 0.3 is 0 Å². The monoisotopic (exact) mass is 240 g/mol. The van der Waals surface area contributed by atoms with Gasteiger partial charge in [-0.25, -0.2) is 0 Å². The molecule has 0 aliphatic rings. The number of benzene rings is 1. The van der Waals surface area contributed by atoms with Crippen molar-refractivity contribution in [1.82, 2.24) is 4.90 Å². The first-order valence-electron chi connectivity index (χ1n) is 5.82.